The zero-order valence-corrected chi connectivity index (χ0v) is 14.5. The fourth-order valence-corrected chi connectivity index (χ4v) is 2.72. The maximum Gasteiger partial charge on any atom is 0.160 e. The SMILES string of the molecule is COc1cc(CCC(C)NC(C)c2ccc(C)cc2)ccc1O. The average molecular weight is 313 g/mol. The van der Waals surface area contributed by atoms with Gasteiger partial charge in [-0.2, -0.15) is 0 Å². The Labute approximate surface area is 139 Å². The highest BCUT2D eigenvalue weighted by atomic mass is 16.5. The molecule has 2 aromatic carbocycles. The molecule has 2 aromatic rings. The van der Waals surface area contributed by atoms with Crippen molar-refractivity contribution >= 4 is 0 Å². The van der Waals surface area contributed by atoms with E-state index in [9.17, 15) is 5.11 Å². The minimum Gasteiger partial charge on any atom is -0.504 e. The van der Waals surface area contributed by atoms with Crippen molar-refractivity contribution in [1.82, 2.24) is 5.32 Å². The van der Waals surface area contributed by atoms with Crippen molar-refractivity contribution in [2.75, 3.05) is 7.11 Å². The molecule has 0 aliphatic heterocycles. The fraction of sp³-hybridized carbons (Fsp3) is 0.400. The molecule has 0 aromatic heterocycles. The molecule has 124 valence electrons. The van der Waals surface area contributed by atoms with Crippen LogP contribution in [-0.2, 0) is 6.42 Å². The molecule has 23 heavy (non-hydrogen) atoms. The molecule has 2 N–H and O–H groups in total. The molecule has 0 fully saturated rings. The second-order valence-corrected chi connectivity index (χ2v) is 6.24. The Kier molecular flexibility index (Phi) is 6.05. The van der Waals surface area contributed by atoms with Crippen LogP contribution in [0.1, 0.15) is 43.0 Å². The van der Waals surface area contributed by atoms with Crippen LogP contribution in [-0.4, -0.2) is 18.3 Å². The number of phenolic OH excluding ortho intramolecular Hbond substituents is 1. The number of nitrogens with one attached hydrogen (secondary N) is 1. The third-order valence-electron chi connectivity index (χ3n) is 4.22. The van der Waals surface area contributed by atoms with E-state index in [0.717, 1.165) is 12.8 Å². The van der Waals surface area contributed by atoms with Crippen molar-refractivity contribution in [2.24, 2.45) is 0 Å². The largest absolute Gasteiger partial charge is 0.504 e. The quantitative estimate of drug-likeness (QED) is 0.797. The smallest absolute Gasteiger partial charge is 0.160 e. The first-order chi connectivity index (χ1) is 11.0. The molecule has 2 atom stereocenters. The monoisotopic (exact) mass is 313 g/mol. The molecule has 2 rings (SSSR count). The van der Waals surface area contributed by atoms with E-state index in [2.05, 4.69) is 50.4 Å². The van der Waals surface area contributed by atoms with E-state index in [4.69, 9.17) is 4.74 Å². The summed E-state index contributed by atoms with van der Waals surface area (Å²) in [4.78, 5) is 0. The Morgan fingerprint density at radius 3 is 2.43 bits per heavy atom. The molecule has 2 unspecified atom stereocenters. The van der Waals surface area contributed by atoms with Gasteiger partial charge in [0.15, 0.2) is 11.5 Å². The van der Waals surface area contributed by atoms with Gasteiger partial charge < -0.3 is 15.2 Å². The lowest BCUT2D eigenvalue weighted by Gasteiger charge is -2.20. The number of hydrogen-bond acceptors (Lipinski definition) is 3. The van der Waals surface area contributed by atoms with Crippen LogP contribution in [0.4, 0.5) is 0 Å². The Balaban J connectivity index is 1.87. The summed E-state index contributed by atoms with van der Waals surface area (Å²) in [6.45, 7) is 6.52. The van der Waals surface area contributed by atoms with Crippen LogP contribution in [0.2, 0.25) is 0 Å². The van der Waals surface area contributed by atoms with E-state index in [1.807, 2.05) is 12.1 Å². The summed E-state index contributed by atoms with van der Waals surface area (Å²) in [6, 6.07) is 15.0. The maximum absolute atomic E-state index is 9.64. The standard InChI is InChI=1S/C20H27NO2/c1-14-5-10-18(11-6-14)16(3)21-15(2)7-8-17-9-12-19(22)20(13-17)23-4/h5-6,9-13,15-16,21-22H,7-8H2,1-4H3. The van der Waals surface area contributed by atoms with Crippen molar-refractivity contribution in [3.8, 4) is 11.5 Å². The minimum atomic E-state index is 0.190. The molecule has 0 spiro atoms. The van der Waals surface area contributed by atoms with Crippen LogP contribution >= 0.6 is 0 Å². The molecule has 0 amide bonds. The number of aromatic hydroxyl groups is 1. The number of rotatable bonds is 7. The molecule has 0 bridgehead atoms. The average Bonchev–Trinajstić information content (AvgIpc) is 2.54. The number of methoxy groups -OCH3 is 1. The van der Waals surface area contributed by atoms with Gasteiger partial charge in [0.25, 0.3) is 0 Å². The number of hydrogen-bond donors (Lipinski definition) is 2. The normalized spacial score (nSPS) is 13.6. The lowest BCUT2D eigenvalue weighted by atomic mass is 10.0. The van der Waals surface area contributed by atoms with Gasteiger partial charge in [-0.3, -0.25) is 0 Å². The molecular formula is C20H27NO2. The van der Waals surface area contributed by atoms with Crippen LogP contribution in [0.25, 0.3) is 0 Å². The van der Waals surface area contributed by atoms with Crippen molar-refractivity contribution in [3.63, 3.8) is 0 Å². The first-order valence-corrected chi connectivity index (χ1v) is 8.18. The lowest BCUT2D eigenvalue weighted by molar-refractivity contribution is 0.372. The molecule has 3 nitrogen and oxygen atoms in total. The Morgan fingerprint density at radius 2 is 1.78 bits per heavy atom. The predicted octanol–water partition coefficient (Wildman–Crippen LogP) is 4.38. The van der Waals surface area contributed by atoms with Gasteiger partial charge >= 0.3 is 0 Å². The summed E-state index contributed by atoms with van der Waals surface area (Å²) in [6.07, 6.45) is 1.98. The van der Waals surface area contributed by atoms with Gasteiger partial charge in [-0.15, -0.1) is 0 Å². The number of aryl methyl sites for hydroxylation is 2. The van der Waals surface area contributed by atoms with Gasteiger partial charge in [-0.1, -0.05) is 35.9 Å². The number of benzene rings is 2. The molecule has 0 heterocycles. The Bertz CT molecular complexity index is 622. The summed E-state index contributed by atoms with van der Waals surface area (Å²) in [7, 11) is 1.58. The van der Waals surface area contributed by atoms with E-state index < -0.39 is 0 Å². The highest BCUT2D eigenvalue weighted by Crippen LogP contribution is 2.27. The second-order valence-electron chi connectivity index (χ2n) is 6.24. The molecule has 0 saturated carbocycles. The molecule has 0 aliphatic carbocycles. The van der Waals surface area contributed by atoms with Crippen molar-refractivity contribution < 1.29 is 9.84 Å². The van der Waals surface area contributed by atoms with E-state index >= 15 is 0 Å². The van der Waals surface area contributed by atoms with E-state index in [0.29, 0.717) is 17.8 Å². The van der Waals surface area contributed by atoms with E-state index in [-0.39, 0.29) is 5.75 Å². The van der Waals surface area contributed by atoms with Crippen LogP contribution in [0, 0.1) is 6.92 Å². The Hall–Kier alpha value is -2.00. The molecular weight excluding hydrogens is 286 g/mol. The van der Waals surface area contributed by atoms with Crippen LogP contribution in [0.3, 0.4) is 0 Å². The van der Waals surface area contributed by atoms with Gasteiger partial charge in [0.1, 0.15) is 0 Å². The highest BCUT2D eigenvalue weighted by molar-refractivity contribution is 5.41. The second kappa shape index (κ2) is 8.02. The topological polar surface area (TPSA) is 41.5 Å². The van der Waals surface area contributed by atoms with Crippen LogP contribution in [0.5, 0.6) is 11.5 Å². The first-order valence-electron chi connectivity index (χ1n) is 8.18. The van der Waals surface area contributed by atoms with Crippen LogP contribution < -0.4 is 10.1 Å². The van der Waals surface area contributed by atoms with E-state index in [1.54, 1.807) is 13.2 Å². The summed E-state index contributed by atoms with van der Waals surface area (Å²) in [5, 5.41) is 13.3. The molecule has 0 radical (unpaired) electrons. The van der Waals surface area contributed by atoms with Crippen molar-refractivity contribution in [3.05, 3.63) is 59.2 Å². The Morgan fingerprint density at radius 1 is 1.09 bits per heavy atom. The van der Waals surface area contributed by atoms with Crippen molar-refractivity contribution in [2.45, 2.75) is 45.7 Å². The fourth-order valence-electron chi connectivity index (χ4n) is 2.72. The minimum absolute atomic E-state index is 0.190. The summed E-state index contributed by atoms with van der Waals surface area (Å²) in [5.74, 6) is 0.728. The third-order valence-corrected chi connectivity index (χ3v) is 4.22. The van der Waals surface area contributed by atoms with Gasteiger partial charge in [0.2, 0.25) is 0 Å². The summed E-state index contributed by atoms with van der Waals surface area (Å²) >= 11 is 0. The zero-order chi connectivity index (χ0) is 16.8. The van der Waals surface area contributed by atoms with E-state index in [1.165, 1.54) is 16.7 Å². The third kappa shape index (κ3) is 5.00. The van der Waals surface area contributed by atoms with Gasteiger partial charge in [-0.25, -0.2) is 0 Å². The molecule has 0 saturated heterocycles. The number of ether oxygens (including phenoxy) is 1. The maximum atomic E-state index is 9.64. The van der Waals surface area contributed by atoms with Gasteiger partial charge in [-0.05, 0) is 56.9 Å². The van der Waals surface area contributed by atoms with Crippen molar-refractivity contribution in [1.29, 1.82) is 0 Å². The molecule has 0 aliphatic rings. The van der Waals surface area contributed by atoms with Gasteiger partial charge in [0.05, 0.1) is 7.11 Å². The zero-order valence-electron chi connectivity index (χ0n) is 14.5. The summed E-state index contributed by atoms with van der Waals surface area (Å²) < 4.78 is 5.16. The summed E-state index contributed by atoms with van der Waals surface area (Å²) in [5.41, 5.74) is 3.78. The molecule has 3 heteroatoms. The first kappa shape index (κ1) is 17.4. The highest BCUT2D eigenvalue weighted by Gasteiger charge is 2.10. The van der Waals surface area contributed by atoms with Crippen LogP contribution in [0.15, 0.2) is 42.5 Å². The lowest BCUT2D eigenvalue weighted by Crippen LogP contribution is -2.29. The number of phenols is 1. The van der Waals surface area contributed by atoms with Gasteiger partial charge in [0, 0.05) is 12.1 Å². The predicted molar refractivity (Wildman–Crippen MR) is 95.2 cm³/mol.